The maximum absolute atomic E-state index is 11.8. The van der Waals surface area contributed by atoms with Gasteiger partial charge in [-0.25, -0.2) is 0 Å². The molecule has 0 radical (unpaired) electrons. The minimum atomic E-state index is -0.0965. The van der Waals surface area contributed by atoms with Crippen molar-refractivity contribution >= 4 is 17.5 Å². The summed E-state index contributed by atoms with van der Waals surface area (Å²) in [6, 6.07) is 1.02. The SMILES string of the molecule is CC(=O)Nc1cnn([C@H]2C[C@@H](COCC(=O)N(C)C)N(C3CCN(C)CC3)C2)c1. The first-order chi connectivity index (χ1) is 13.8. The van der Waals surface area contributed by atoms with Crippen LogP contribution in [0.2, 0.25) is 0 Å². The fourth-order valence-corrected chi connectivity index (χ4v) is 4.26. The molecule has 9 nitrogen and oxygen atoms in total. The van der Waals surface area contributed by atoms with Crippen molar-refractivity contribution in [3.8, 4) is 0 Å². The van der Waals surface area contributed by atoms with Gasteiger partial charge >= 0.3 is 0 Å². The van der Waals surface area contributed by atoms with Gasteiger partial charge in [0, 0.05) is 45.8 Å². The van der Waals surface area contributed by atoms with Gasteiger partial charge in [0.2, 0.25) is 11.8 Å². The third-order valence-electron chi connectivity index (χ3n) is 5.92. The predicted octanol–water partition coefficient (Wildman–Crippen LogP) is 0.656. The van der Waals surface area contributed by atoms with E-state index in [1.807, 2.05) is 10.9 Å². The number of hydrogen-bond acceptors (Lipinski definition) is 6. The van der Waals surface area contributed by atoms with E-state index in [1.165, 1.54) is 6.92 Å². The molecule has 0 unspecified atom stereocenters. The molecule has 29 heavy (non-hydrogen) atoms. The van der Waals surface area contributed by atoms with Crippen LogP contribution in [0, 0.1) is 0 Å². The van der Waals surface area contributed by atoms with Gasteiger partial charge in [0.15, 0.2) is 0 Å². The van der Waals surface area contributed by atoms with Crippen LogP contribution in [0.25, 0.3) is 0 Å². The Kier molecular flexibility index (Phi) is 7.26. The summed E-state index contributed by atoms with van der Waals surface area (Å²) >= 11 is 0. The number of anilines is 1. The minimum absolute atomic E-state index is 0.0163. The Hall–Kier alpha value is -1.97. The summed E-state index contributed by atoms with van der Waals surface area (Å²) in [4.78, 5) is 29.6. The number of piperidine rings is 1. The van der Waals surface area contributed by atoms with Gasteiger partial charge < -0.3 is 19.9 Å². The predicted molar refractivity (Wildman–Crippen MR) is 111 cm³/mol. The van der Waals surface area contributed by atoms with Crippen LogP contribution in [0.15, 0.2) is 12.4 Å². The normalized spacial score (nSPS) is 24.0. The molecule has 0 spiro atoms. The van der Waals surface area contributed by atoms with Crippen molar-refractivity contribution in [2.75, 3.05) is 59.3 Å². The number of likely N-dealkylation sites (N-methyl/N-ethyl adjacent to an activating group) is 1. The number of likely N-dealkylation sites (tertiary alicyclic amines) is 2. The van der Waals surface area contributed by atoms with E-state index in [4.69, 9.17) is 4.74 Å². The Morgan fingerprint density at radius 1 is 1.28 bits per heavy atom. The van der Waals surface area contributed by atoms with Crippen molar-refractivity contribution < 1.29 is 14.3 Å². The highest BCUT2D eigenvalue weighted by Crippen LogP contribution is 2.32. The van der Waals surface area contributed by atoms with Crippen molar-refractivity contribution in [3.63, 3.8) is 0 Å². The molecule has 2 aliphatic heterocycles. The number of carbonyl (C=O) groups excluding carboxylic acids is 2. The number of ether oxygens (including phenoxy) is 1. The average molecular weight is 407 g/mol. The first-order valence-electron chi connectivity index (χ1n) is 10.4. The topological polar surface area (TPSA) is 82.9 Å². The van der Waals surface area contributed by atoms with Crippen molar-refractivity contribution in [1.82, 2.24) is 24.5 Å². The van der Waals surface area contributed by atoms with Crippen LogP contribution < -0.4 is 5.32 Å². The molecule has 0 bridgehead atoms. The maximum atomic E-state index is 11.8. The van der Waals surface area contributed by atoms with E-state index < -0.39 is 0 Å². The fourth-order valence-electron chi connectivity index (χ4n) is 4.26. The van der Waals surface area contributed by atoms with Crippen LogP contribution in [0.5, 0.6) is 0 Å². The first kappa shape index (κ1) is 21.7. The Bertz CT molecular complexity index is 698. The summed E-state index contributed by atoms with van der Waals surface area (Å²) < 4.78 is 7.75. The van der Waals surface area contributed by atoms with Crippen molar-refractivity contribution in [1.29, 1.82) is 0 Å². The van der Waals surface area contributed by atoms with E-state index in [0.717, 1.165) is 44.6 Å². The van der Waals surface area contributed by atoms with Gasteiger partial charge in [-0.15, -0.1) is 0 Å². The molecule has 2 fully saturated rings. The summed E-state index contributed by atoms with van der Waals surface area (Å²) in [6.45, 7) is 5.27. The highest BCUT2D eigenvalue weighted by Gasteiger charge is 2.38. The molecule has 2 amide bonds. The van der Waals surface area contributed by atoms with Crippen molar-refractivity contribution in [3.05, 3.63) is 12.4 Å². The highest BCUT2D eigenvalue weighted by molar-refractivity contribution is 5.88. The molecule has 2 aliphatic rings. The molecule has 3 rings (SSSR count). The van der Waals surface area contributed by atoms with Gasteiger partial charge in [-0.05, 0) is 39.4 Å². The third kappa shape index (κ3) is 5.77. The standard InChI is InChI=1S/C20H34N6O3/c1-15(27)22-16-10-21-26(11-16)18-9-19(13-29-14-20(28)23(2)3)25(12-18)17-5-7-24(4)8-6-17/h10-11,17-19H,5-9,12-14H2,1-4H3,(H,22,27)/t18-,19-/m0/s1. The molecule has 1 aromatic rings. The lowest BCUT2D eigenvalue weighted by atomic mass is 10.0. The van der Waals surface area contributed by atoms with Gasteiger partial charge in [0.05, 0.1) is 24.5 Å². The van der Waals surface area contributed by atoms with Crippen LogP contribution in [-0.4, -0.2) is 102 Å². The third-order valence-corrected chi connectivity index (χ3v) is 5.92. The minimum Gasteiger partial charge on any atom is -0.370 e. The number of amides is 2. The van der Waals surface area contributed by atoms with Gasteiger partial charge in [-0.2, -0.15) is 5.10 Å². The van der Waals surface area contributed by atoms with Crippen LogP contribution >= 0.6 is 0 Å². The number of carbonyl (C=O) groups is 2. The van der Waals surface area contributed by atoms with Crippen LogP contribution in [-0.2, 0) is 14.3 Å². The summed E-state index contributed by atoms with van der Waals surface area (Å²) in [5.74, 6) is -0.113. The number of aromatic nitrogens is 2. The lowest BCUT2D eigenvalue weighted by Gasteiger charge is -2.38. The van der Waals surface area contributed by atoms with Crippen LogP contribution in [0.3, 0.4) is 0 Å². The number of hydrogen-bond donors (Lipinski definition) is 1. The molecule has 0 aliphatic carbocycles. The van der Waals surface area contributed by atoms with E-state index >= 15 is 0 Å². The number of nitrogens with zero attached hydrogens (tertiary/aromatic N) is 5. The summed E-state index contributed by atoms with van der Waals surface area (Å²) in [7, 11) is 5.66. The first-order valence-corrected chi connectivity index (χ1v) is 10.4. The molecule has 0 saturated carbocycles. The zero-order valence-corrected chi connectivity index (χ0v) is 18.0. The monoisotopic (exact) mass is 406 g/mol. The highest BCUT2D eigenvalue weighted by atomic mass is 16.5. The Balaban J connectivity index is 1.65. The largest absolute Gasteiger partial charge is 0.370 e. The molecule has 0 aromatic carbocycles. The van der Waals surface area contributed by atoms with E-state index in [-0.39, 0.29) is 30.5 Å². The fraction of sp³-hybridized carbons (Fsp3) is 0.750. The second kappa shape index (κ2) is 9.69. The van der Waals surface area contributed by atoms with Crippen molar-refractivity contribution in [2.24, 2.45) is 0 Å². The van der Waals surface area contributed by atoms with E-state index in [1.54, 1.807) is 25.2 Å². The van der Waals surface area contributed by atoms with E-state index in [2.05, 4.69) is 27.3 Å². The molecular weight excluding hydrogens is 372 g/mol. The molecule has 9 heteroatoms. The molecular formula is C20H34N6O3. The van der Waals surface area contributed by atoms with Gasteiger partial charge in [0.1, 0.15) is 6.61 Å². The zero-order chi connectivity index (χ0) is 21.0. The van der Waals surface area contributed by atoms with Gasteiger partial charge in [0.25, 0.3) is 0 Å². The second-order valence-corrected chi connectivity index (χ2v) is 8.47. The maximum Gasteiger partial charge on any atom is 0.248 e. The molecule has 2 atom stereocenters. The van der Waals surface area contributed by atoms with E-state index in [9.17, 15) is 9.59 Å². The van der Waals surface area contributed by atoms with Crippen molar-refractivity contribution in [2.45, 2.75) is 44.3 Å². The zero-order valence-electron chi connectivity index (χ0n) is 18.0. The van der Waals surface area contributed by atoms with Gasteiger partial charge in [-0.3, -0.25) is 19.2 Å². The molecule has 1 aromatic heterocycles. The Morgan fingerprint density at radius 3 is 2.66 bits per heavy atom. The molecule has 1 N–H and O–H groups in total. The summed E-state index contributed by atoms with van der Waals surface area (Å²) in [6.07, 6.45) is 6.81. The average Bonchev–Trinajstić information content (AvgIpc) is 3.29. The second-order valence-electron chi connectivity index (χ2n) is 8.47. The lowest BCUT2D eigenvalue weighted by molar-refractivity contribution is -0.134. The number of nitrogens with one attached hydrogen (secondary N) is 1. The lowest BCUT2D eigenvalue weighted by Crippen LogP contribution is -2.47. The Labute approximate surface area is 172 Å². The molecule has 162 valence electrons. The quantitative estimate of drug-likeness (QED) is 0.716. The van der Waals surface area contributed by atoms with Gasteiger partial charge in [-0.1, -0.05) is 0 Å². The van der Waals surface area contributed by atoms with E-state index in [0.29, 0.717) is 12.6 Å². The number of rotatable bonds is 7. The smallest absolute Gasteiger partial charge is 0.248 e. The molecule has 2 saturated heterocycles. The Morgan fingerprint density at radius 2 is 2.00 bits per heavy atom. The van der Waals surface area contributed by atoms with Crippen LogP contribution in [0.1, 0.15) is 32.2 Å². The van der Waals surface area contributed by atoms with Crippen LogP contribution in [0.4, 0.5) is 5.69 Å². The summed E-state index contributed by atoms with van der Waals surface area (Å²) in [5, 5.41) is 7.26. The summed E-state index contributed by atoms with van der Waals surface area (Å²) in [5.41, 5.74) is 0.722. The molecule has 3 heterocycles.